The van der Waals surface area contributed by atoms with E-state index in [2.05, 4.69) is 0 Å². The molecular formula is C20H28O4. The van der Waals surface area contributed by atoms with Crippen LogP contribution in [0.5, 0.6) is 0 Å². The lowest BCUT2D eigenvalue weighted by Gasteiger charge is -2.56. The van der Waals surface area contributed by atoms with Gasteiger partial charge in [0, 0.05) is 5.41 Å². The number of esters is 2. The summed E-state index contributed by atoms with van der Waals surface area (Å²) >= 11 is 0. The summed E-state index contributed by atoms with van der Waals surface area (Å²) in [6.45, 7) is 5.96. The van der Waals surface area contributed by atoms with Crippen molar-refractivity contribution in [2.45, 2.75) is 83.3 Å². The van der Waals surface area contributed by atoms with E-state index in [1.54, 1.807) is 0 Å². The second kappa shape index (κ2) is 4.19. The molecule has 0 amide bonds. The van der Waals surface area contributed by atoms with Crippen molar-refractivity contribution in [3.8, 4) is 0 Å². The molecule has 1 saturated heterocycles. The van der Waals surface area contributed by atoms with Gasteiger partial charge in [-0.1, -0.05) is 13.8 Å². The second-order valence-electron chi connectivity index (χ2n) is 10.2. The van der Waals surface area contributed by atoms with Crippen LogP contribution in [-0.4, -0.2) is 23.1 Å². The average molecular weight is 332 g/mol. The molecule has 24 heavy (non-hydrogen) atoms. The second-order valence-corrected chi connectivity index (χ2v) is 10.2. The third-order valence-electron chi connectivity index (χ3n) is 8.70. The van der Waals surface area contributed by atoms with Crippen LogP contribution in [0.25, 0.3) is 0 Å². The van der Waals surface area contributed by atoms with Gasteiger partial charge in [-0.05, 0) is 76.0 Å². The molecule has 6 bridgehead atoms. The highest BCUT2D eigenvalue weighted by molar-refractivity contribution is 5.93. The third kappa shape index (κ3) is 1.56. The lowest BCUT2D eigenvalue weighted by molar-refractivity contribution is -0.213. The van der Waals surface area contributed by atoms with Gasteiger partial charge in [-0.15, -0.1) is 0 Å². The molecule has 2 atom stereocenters. The highest BCUT2D eigenvalue weighted by atomic mass is 16.6. The number of fused-ring (bicyclic) bond motifs is 2. The summed E-state index contributed by atoms with van der Waals surface area (Å²) in [6.07, 6.45) is 8.34. The van der Waals surface area contributed by atoms with E-state index in [4.69, 9.17) is 9.47 Å². The van der Waals surface area contributed by atoms with Crippen molar-refractivity contribution in [3.63, 3.8) is 0 Å². The maximum absolute atomic E-state index is 13.3. The molecule has 0 spiro atoms. The topological polar surface area (TPSA) is 52.6 Å². The van der Waals surface area contributed by atoms with E-state index in [1.807, 2.05) is 20.8 Å². The molecule has 0 aromatic heterocycles. The Morgan fingerprint density at radius 3 is 1.96 bits per heavy atom. The fourth-order valence-corrected chi connectivity index (χ4v) is 7.14. The fourth-order valence-electron chi connectivity index (χ4n) is 7.14. The Labute approximate surface area is 143 Å². The van der Waals surface area contributed by atoms with Crippen LogP contribution in [0, 0.1) is 28.6 Å². The SMILES string of the molecule is CC12CCC(C(=O)OC34CC5CC(CC(C5)C3)C4)(OC1=O)C2(C)C. The van der Waals surface area contributed by atoms with Crippen molar-refractivity contribution in [2.24, 2.45) is 28.6 Å². The van der Waals surface area contributed by atoms with Gasteiger partial charge in [0.15, 0.2) is 0 Å². The van der Waals surface area contributed by atoms with Gasteiger partial charge in [-0.25, -0.2) is 4.79 Å². The summed E-state index contributed by atoms with van der Waals surface area (Å²) in [5.74, 6) is 1.71. The number of carbonyl (C=O) groups is 2. The first kappa shape index (κ1) is 15.2. The lowest BCUT2D eigenvalue weighted by atomic mass is 9.54. The molecule has 6 aliphatic rings. The first-order valence-electron chi connectivity index (χ1n) is 9.67. The van der Waals surface area contributed by atoms with Crippen molar-refractivity contribution < 1.29 is 19.1 Å². The number of rotatable bonds is 2. The predicted octanol–water partition coefficient (Wildman–Crippen LogP) is 3.62. The van der Waals surface area contributed by atoms with Crippen LogP contribution in [0.2, 0.25) is 0 Å². The van der Waals surface area contributed by atoms with Gasteiger partial charge in [0.2, 0.25) is 5.60 Å². The Hall–Kier alpha value is -1.06. The monoisotopic (exact) mass is 332 g/mol. The van der Waals surface area contributed by atoms with Crippen LogP contribution < -0.4 is 0 Å². The van der Waals surface area contributed by atoms with E-state index in [-0.39, 0.29) is 17.5 Å². The highest BCUT2D eigenvalue weighted by Gasteiger charge is 2.77. The number of hydrogen-bond acceptors (Lipinski definition) is 4. The largest absolute Gasteiger partial charge is 0.456 e. The minimum absolute atomic E-state index is 0.221. The zero-order valence-electron chi connectivity index (χ0n) is 15.0. The quantitative estimate of drug-likeness (QED) is 0.725. The van der Waals surface area contributed by atoms with Crippen LogP contribution in [0.15, 0.2) is 0 Å². The predicted molar refractivity (Wildman–Crippen MR) is 86.9 cm³/mol. The summed E-state index contributed by atoms with van der Waals surface area (Å²) < 4.78 is 12.0. The lowest BCUT2D eigenvalue weighted by Crippen LogP contribution is -2.57. The molecule has 5 saturated carbocycles. The standard InChI is InChI=1S/C20H28O4/c1-17(2)18(3)4-5-20(17,24-15(18)21)16(22)23-19-9-12-6-13(10-19)8-14(7-12)11-19/h12-14H,4-11H2,1-3H3. The highest BCUT2D eigenvalue weighted by Crippen LogP contribution is 2.66. The van der Waals surface area contributed by atoms with Gasteiger partial charge in [0.1, 0.15) is 5.60 Å². The Morgan fingerprint density at radius 2 is 1.54 bits per heavy atom. The minimum Gasteiger partial charge on any atom is -0.456 e. The first-order valence-corrected chi connectivity index (χ1v) is 9.67. The smallest absolute Gasteiger partial charge is 0.351 e. The van der Waals surface area contributed by atoms with Crippen molar-refractivity contribution in [2.75, 3.05) is 0 Å². The van der Waals surface area contributed by atoms with Gasteiger partial charge in [-0.2, -0.15) is 0 Å². The van der Waals surface area contributed by atoms with Crippen molar-refractivity contribution in [1.29, 1.82) is 0 Å². The van der Waals surface area contributed by atoms with E-state index < -0.39 is 16.4 Å². The normalized spacial score (nSPS) is 53.3. The maximum atomic E-state index is 13.3. The molecule has 0 radical (unpaired) electrons. The fraction of sp³-hybridized carbons (Fsp3) is 0.900. The van der Waals surface area contributed by atoms with Gasteiger partial charge < -0.3 is 9.47 Å². The summed E-state index contributed by atoms with van der Waals surface area (Å²) in [4.78, 5) is 25.7. The first-order chi connectivity index (χ1) is 11.2. The van der Waals surface area contributed by atoms with Crippen LogP contribution >= 0.6 is 0 Å². The van der Waals surface area contributed by atoms with Gasteiger partial charge in [0.05, 0.1) is 5.41 Å². The molecule has 0 aromatic carbocycles. The Kier molecular flexibility index (Phi) is 2.65. The van der Waals surface area contributed by atoms with E-state index in [0.29, 0.717) is 6.42 Å². The molecular weight excluding hydrogens is 304 g/mol. The summed E-state index contributed by atoms with van der Waals surface area (Å²) in [5.41, 5.74) is -2.41. The number of carbonyl (C=O) groups excluding carboxylic acids is 2. The molecule has 4 heteroatoms. The molecule has 0 aromatic rings. The molecule has 2 unspecified atom stereocenters. The molecule has 4 nitrogen and oxygen atoms in total. The Balaban J connectivity index is 1.45. The van der Waals surface area contributed by atoms with E-state index in [1.165, 1.54) is 19.3 Å². The summed E-state index contributed by atoms with van der Waals surface area (Å²) in [6, 6.07) is 0. The van der Waals surface area contributed by atoms with Gasteiger partial charge in [0.25, 0.3) is 0 Å². The van der Waals surface area contributed by atoms with E-state index >= 15 is 0 Å². The Bertz CT molecular complexity index is 600. The average Bonchev–Trinajstić information content (AvgIpc) is 2.75. The molecule has 1 aliphatic heterocycles. The van der Waals surface area contributed by atoms with Crippen molar-refractivity contribution in [1.82, 2.24) is 0 Å². The van der Waals surface area contributed by atoms with Crippen LogP contribution in [0.1, 0.15) is 72.1 Å². The zero-order chi connectivity index (χ0) is 17.0. The van der Waals surface area contributed by atoms with E-state index in [9.17, 15) is 9.59 Å². The molecule has 0 N–H and O–H groups in total. The molecule has 5 aliphatic carbocycles. The molecule has 132 valence electrons. The van der Waals surface area contributed by atoms with Crippen LogP contribution in [0.3, 0.4) is 0 Å². The molecule has 6 rings (SSSR count). The maximum Gasteiger partial charge on any atom is 0.351 e. The van der Waals surface area contributed by atoms with Crippen molar-refractivity contribution in [3.05, 3.63) is 0 Å². The zero-order valence-corrected chi connectivity index (χ0v) is 15.0. The minimum atomic E-state index is -1.07. The van der Waals surface area contributed by atoms with E-state index in [0.717, 1.165) is 43.4 Å². The van der Waals surface area contributed by atoms with Crippen molar-refractivity contribution >= 4 is 11.9 Å². The van der Waals surface area contributed by atoms with Crippen LogP contribution in [-0.2, 0) is 19.1 Å². The number of ether oxygens (including phenoxy) is 2. The summed E-state index contributed by atoms with van der Waals surface area (Å²) in [7, 11) is 0. The Morgan fingerprint density at radius 1 is 1.00 bits per heavy atom. The van der Waals surface area contributed by atoms with Gasteiger partial charge in [-0.3, -0.25) is 4.79 Å². The third-order valence-corrected chi connectivity index (χ3v) is 8.70. The number of hydrogen-bond donors (Lipinski definition) is 0. The van der Waals surface area contributed by atoms with Crippen LogP contribution in [0.4, 0.5) is 0 Å². The van der Waals surface area contributed by atoms with Gasteiger partial charge >= 0.3 is 11.9 Å². The summed E-state index contributed by atoms with van der Waals surface area (Å²) in [5, 5.41) is 0. The molecule has 1 heterocycles. The molecule has 6 fully saturated rings.